The summed E-state index contributed by atoms with van der Waals surface area (Å²) < 4.78 is 5.23. The molecule has 1 aromatic rings. The van der Waals surface area contributed by atoms with Crippen molar-refractivity contribution in [2.75, 3.05) is 0 Å². The molecule has 0 bridgehead atoms. The van der Waals surface area contributed by atoms with Crippen LogP contribution in [0.2, 0.25) is 0 Å². The van der Waals surface area contributed by atoms with Gasteiger partial charge in [-0.25, -0.2) is 4.79 Å². The highest BCUT2D eigenvalue weighted by molar-refractivity contribution is 5.87. The van der Waals surface area contributed by atoms with Crippen LogP contribution in [0.15, 0.2) is 30.3 Å². The second-order valence-corrected chi connectivity index (χ2v) is 5.65. The van der Waals surface area contributed by atoms with Gasteiger partial charge in [0, 0.05) is 6.08 Å². The molecule has 18 heavy (non-hydrogen) atoms. The van der Waals surface area contributed by atoms with Crippen molar-refractivity contribution in [3.63, 3.8) is 0 Å². The van der Waals surface area contributed by atoms with Crippen LogP contribution in [-0.2, 0) is 9.53 Å². The van der Waals surface area contributed by atoms with E-state index in [2.05, 4.69) is 19.9 Å². The third kappa shape index (κ3) is 4.74. The molecule has 98 valence electrons. The number of hydrogen-bond donors (Lipinski definition) is 0. The zero-order valence-corrected chi connectivity index (χ0v) is 11.9. The molecule has 0 aliphatic heterocycles. The van der Waals surface area contributed by atoms with Gasteiger partial charge in [-0.15, -0.1) is 0 Å². The first-order chi connectivity index (χ1) is 8.29. The van der Waals surface area contributed by atoms with Gasteiger partial charge < -0.3 is 4.74 Å². The summed E-state index contributed by atoms with van der Waals surface area (Å²) in [5.41, 5.74) is 1.86. The number of benzene rings is 1. The van der Waals surface area contributed by atoms with Crippen LogP contribution in [0, 0.1) is 0 Å². The molecule has 0 aliphatic rings. The van der Waals surface area contributed by atoms with Crippen molar-refractivity contribution in [1.82, 2.24) is 0 Å². The van der Waals surface area contributed by atoms with Crippen molar-refractivity contribution in [3.05, 3.63) is 41.5 Å². The average molecular weight is 246 g/mol. The van der Waals surface area contributed by atoms with Crippen LogP contribution >= 0.6 is 0 Å². The second kappa shape index (κ2) is 5.85. The topological polar surface area (TPSA) is 26.3 Å². The van der Waals surface area contributed by atoms with Crippen molar-refractivity contribution < 1.29 is 9.53 Å². The lowest BCUT2D eigenvalue weighted by molar-refractivity contribution is -0.148. The molecule has 0 fully saturated rings. The third-order valence-corrected chi connectivity index (χ3v) is 2.42. The molecule has 0 unspecified atom stereocenters. The van der Waals surface area contributed by atoms with Gasteiger partial charge >= 0.3 is 5.97 Å². The number of ether oxygens (including phenoxy) is 1. The summed E-state index contributed by atoms with van der Waals surface area (Å²) >= 11 is 0. The van der Waals surface area contributed by atoms with Crippen LogP contribution in [0.5, 0.6) is 0 Å². The summed E-state index contributed by atoms with van der Waals surface area (Å²) in [4.78, 5) is 11.6. The molecule has 0 radical (unpaired) electrons. The van der Waals surface area contributed by atoms with Gasteiger partial charge in [-0.1, -0.05) is 38.1 Å². The molecular formula is C16H22O2. The van der Waals surface area contributed by atoms with E-state index in [-0.39, 0.29) is 5.97 Å². The molecule has 0 aromatic heterocycles. The summed E-state index contributed by atoms with van der Waals surface area (Å²) in [5, 5.41) is 0. The fraction of sp³-hybridized carbons (Fsp3) is 0.438. The van der Waals surface area contributed by atoms with E-state index in [1.165, 1.54) is 11.6 Å². The van der Waals surface area contributed by atoms with Gasteiger partial charge in [-0.3, -0.25) is 0 Å². The van der Waals surface area contributed by atoms with Crippen LogP contribution in [0.1, 0.15) is 51.7 Å². The van der Waals surface area contributed by atoms with E-state index in [0.29, 0.717) is 5.92 Å². The molecule has 2 heteroatoms. The van der Waals surface area contributed by atoms with E-state index >= 15 is 0 Å². The standard InChI is InChI=1S/C16H22O2/c1-12(2)14-9-7-6-8-13(14)10-11-15(17)18-16(3,4)5/h6-12H,1-5H3. The molecular weight excluding hydrogens is 224 g/mol. The van der Waals surface area contributed by atoms with E-state index in [4.69, 9.17) is 4.74 Å². The van der Waals surface area contributed by atoms with E-state index in [1.54, 1.807) is 0 Å². The lowest BCUT2D eigenvalue weighted by Crippen LogP contribution is -2.22. The first-order valence-electron chi connectivity index (χ1n) is 6.29. The maximum atomic E-state index is 11.6. The Balaban J connectivity index is 2.82. The van der Waals surface area contributed by atoms with Gasteiger partial charge in [0.2, 0.25) is 0 Å². The lowest BCUT2D eigenvalue weighted by atomic mass is 9.97. The Kier molecular flexibility index (Phi) is 4.71. The largest absolute Gasteiger partial charge is 0.457 e. The van der Waals surface area contributed by atoms with Crippen LogP contribution in [0.4, 0.5) is 0 Å². The van der Waals surface area contributed by atoms with Crippen LogP contribution in [0.25, 0.3) is 6.08 Å². The molecule has 0 aliphatic carbocycles. The molecule has 0 atom stereocenters. The highest BCUT2D eigenvalue weighted by atomic mass is 16.6. The van der Waals surface area contributed by atoms with Crippen molar-refractivity contribution in [3.8, 4) is 0 Å². The molecule has 0 amide bonds. The maximum Gasteiger partial charge on any atom is 0.331 e. The van der Waals surface area contributed by atoms with Crippen molar-refractivity contribution >= 4 is 12.0 Å². The third-order valence-electron chi connectivity index (χ3n) is 2.42. The van der Waals surface area contributed by atoms with Crippen LogP contribution in [-0.4, -0.2) is 11.6 Å². The summed E-state index contributed by atoms with van der Waals surface area (Å²) in [5.74, 6) is 0.130. The normalized spacial score (nSPS) is 12.1. The van der Waals surface area contributed by atoms with E-state index in [0.717, 1.165) is 5.56 Å². The highest BCUT2D eigenvalue weighted by Crippen LogP contribution is 2.20. The number of carbonyl (C=O) groups excluding carboxylic acids is 1. The molecule has 0 spiro atoms. The summed E-state index contributed by atoms with van der Waals surface area (Å²) in [6.45, 7) is 9.86. The van der Waals surface area contributed by atoms with Crippen molar-refractivity contribution in [2.24, 2.45) is 0 Å². The summed E-state index contributed by atoms with van der Waals surface area (Å²) in [6, 6.07) is 8.08. The Morgan fingerprint density at radius 2 is 1.83 bits per heavy atom. The molecule has 0 saturated carbocycles. The highest BCUT2D eigenvalue weighted by Gasteiger charge is 2.14. The lowest BCUT2D eigenvalue weighted by Gasteiger charge is -2.18. The predicted molar refractivity (Wildman–Crippen MR) is 75.4 cm³/mol. The molecule has 2 nitrogen and oxygen atoms in total. The summed E-state index contributed by atoms with van der Waals surface area (Å²) in [6.07, 6.45) is 3.32. The molecule has 1 rings (SSSR count). The van der Waals surface area contributed by atoms with Crippen molar-refractivity contribution in [2.45, 2.75) is 46.1 Å². The van der Waals surface area contributed by atoms with Crippen LogP contribution < -0.4 is 0 Å². The fourth-order valence-electron chi connectivity index (χ4n) is 1.68. The molecule has 0 N–H and O–H groups in total. The Labute approximate surface area is 110 Å². The van der Waals surface area contributed by atoms with E-state index < -0.39 is 5.60 Å². The smallest absolute Gasteiger partial charge is 0.331 e. The Morgan fingerprint density at radius 3 is 2.39 bits per heavy atom. The number of hydrogen-bond acceptors (Lipinski definition) is 2. The van der Waals surface area contributed by atoms with Crippen molar-refractivity contribution in [1.29, 1.82) is 0 Å². The molecule has 1 aromatic carbocycles. The van der Waals surface area contributed by atoms with Gasteiger partial charge in [-0.05, 0) is 43.9 Å². The summed E-state index contributed by atoms with van der Waals surface area (Å²) in [7, 11) is 0. The quantitative estimate of drug-likeness (QED) is 0.591. The van der Waals surface area contributed by atoms with Gasteiger partial charge in [0.25, 0.3) is 0 Å². The number of rotatable bonds is 3. The zero-order chi connectivity index (χ0) is 13.8. The predicted octanol–water partition coefficient (Wildman–Crippen LogP) is 4.16. The monoisotopic (exact) mass is 246 g/mol. The van der Waals surface area contributed by atoms with Gasteiger partial charge in [0.15, 0.2) is 0 Å². The first-order valence-corrected chi connectivity index (χ1v) is 6.29. The maximum absolute atomic E-state index is 11.6. The minimum Gasteiger partial charge on any atom is -0.457 e. The fourth-order valence-corrected chi connectivity index (χ4v) is 1.68. The minimum atomic E-state index is -0.445. The zero-order valence-electron chi connectivity index (χ0n) is 11.9. The second-order valence-electron chi connectivity index (χ2n) is 5.65. The Morgan fingerprint density at radius 1 is 1.22 bits per heavy atom. The average Bonchev–Trinajstić information content (AvgIpc) is 2.24. The van der Waals surface area contributed by atoms with Gasteiger partial charge in [0.05, 0.1) is 0 Å². The minimum absolute atomic E-state index is 0.305. The van der Waals surface area contributed by atoms with Gasteiger partial charge in [0.1, 0.15) is 5.60 Å². The first kappa shape index (κ1) is 14.5. The van der Waals surface area contributed by atoms with Crippen LogP contribution in [0.3, 0.4) is 0 Å². The SMILES string of the molecule is CC(C)c1ccccc1C=CC(=O)OC(C)(C)C. The Bertz CT molecular complexity index is 437. The number of carbonyl (C=O) groups is 1. The molecule has 0 heterocycles. The molecule has 0 saturated heterocycles. The van der Waals surface area contributed by atoms with Gasteiger partial charge in [-0.2, -0.15) is 0 Å². The van der Waals surface area contributed by atoms with E-state index in [9.17, 15) is 4.79 Å². The Hall–Kier alpha value is -1.57. The van der Waals surface area contributed by atoms with E-state index in [1.807, 2.05) is 45.0 Å². The number of esters is 1.